The largest absolute Gasteiger partial charge is 0.368 e. The molecule has 2 rings (SSSR count). The fourth-order valence-corrected chi connectivity index (χ4v) is 3.28. The SMILES string of the molecule is C[C@@H]1CCC[C@H](C)N1C(=O)CSc1nc(N)nc(N)n1. The van der Waals surface area contributed by atoms with Crippen molar-refractivity contribution in [1.29, 1.82) is 0 Å². The maximum Gasteiger partial charge on any atom is 0.233 e. The van der Waals surface area contributed by atoms with Crippen molar-refractivity contribution in [1.82, 2.24) is 19.9 Å². The van der Waals surface area contributed by atoms with Gasteiger partial charge in [0.05, 0.1) is 5.75 Å². The summed E-state index contributed by atoms with van der Waals surface area (Å²) in [6, 6.07) is 0.584. The molecule has 1 aromatic heterocycles. The molecule has 0 unspecified atom stereocenters. The molecule has 110 valence electrons. The Hall–Kier alpha value is -1.57. The first kappa shape index (κ1) is 14.8. The van der Waals surface area contributed by atoms with E-state index >= 15 is 0 Å². The van der Waals surface area contributed by atoms with E-state index in [1.165, 1.54) is 18.2 Å². The second kappa shape index (κ2) is 6.25. The number of nitrogens with two attached hydrogens (primary N) is 2. The topological polar surface area (TPSA) is 111 Å². The summed E-state index contributed by atoms with van der Waals surface area (Å²) in [7, 11) is 0. The number of aromatic nitrogens is 3. The van der Waals surface area contributed by atoms with Gasteiger partial charge in [0.2, 0.25) is 17.8 Å². The first-order valence-corrected chi connectivity index (χ1v) is 7.67. The van der Waals surface area contributed by atoms with Gasteiger partial charge in [-0.25, -0.2) is 0 Å². The van der Waals surface area contributed by atoms with Gasteiger partial charge in [-0.05, 0) is 33.1 Å². The molecule has 20 heavy (non-hydrogen) atoms. The van der Waals surface area contributed by atoms with Crippen LogP contribution in [0.4, 0.5) is 11.9 Å². The molecule has 1 amide bonds. The molecule has 0 aliphatic carbocycles. The van der Waals surface area contributed by atoms with E-state index in [4.69, 9.17) is 11.5 Å². The number of amides is 1. The third-order valence-electron chi connectivity index (χ3n) is 3.46. The number of likely N-dealkylation sites (tertiary alicyclic amines) is 1. The van der Waals surface area contributed by atoms with Gasteiger partial charge in [-0.15, -0.1) is 0 Å². The molecule has 0 radical (unpaired) electrons. The Morgan fingerprint density at radius 3 is 2.30 bits per heavy atom. The van der Waals surface area contributed by atoms with Crippen LogP contribution in [0.2, 0.25) is 0 Å². The summed E-state index contributed by atoms with van der Waals surface area (Å²) in [4.78, 5) is 25.9. The maximum atomic E-state index is 12.3. The second-order valence-electron chi connectivity index (χ2n) is 5.05. The molecule has 1 fully saturated rings. The molecule has 0 saturated carbocycles. The van der Waals surface area contributed by atoms with E-state index in [1.807, 2.05) is 4.90 Å². The van der Waals surface area contributed by atoms with Crippen LogP contribution in [0.25, 0.3) is 0 Å². The van der Waals surface area contributed by atoms with Crippen molar-refractivity contribution >= 4 is 29.6 Å². The number of carbonyl (C=O) groups excluding carboxylic acids is 1. The number of thioether (sulfide) groups is 1. The number of hydrogen-bond donors (Lipinski definition) is 2. The highest BCUT2D eigenvalue weighted by atomic mass is 32.2. The molecule has 1 aromatic rings. The molecule has 0 aromatic carbocycles. The normalized spacial score (nSPS) is 22.8. The number of anilines is 2. The van der Waals surface area contributed by atoms with Crippen LogP contribution in [0.15, 0.2) is 5.16 Å². The Balaban J connectivity index is 1.97. The standard InChI is InChI=1S/C12H20N6OS/c1-7-4-3-5-8(2)18(7)9(19)6-20-12-16-10(13)15-11(14)17-12/h7-8H,3-6H2,1-2H3,(H4,13,14,15,16,17)/t7-,8+. The Bertz CT molecular complexity index is 467. The number of rotatable bonds is 3. The quantitative estimate of drug-likeness (QED) is 0.798. The van der Waals surface area contributed by atoms with Crippen LogP contribution in [-0.2, 0) is 4.79 Å². The first-order chi connectivity index (χ1) is 9.47. The Morgan fingerprint density at radius 1 is 1.20 bits per heavy atom. The molecule has 1 aliphatic heterocycles. The van der Waals surface area contributed by atoms with E-state index in [0.29, 0.717) is 17.2 Å². The third-order valence-corrected chi connectivity index (χ3v) is 4.29. The van der Waals surface area contributed by atoms with Crippen LogP contribution in [0, 0.1) is 0 Å². The summed E-state index contributed by atoms with van der Waals surface area (Å²) in [5.41, 5.74) is 11.0. The summed E-state index contributed by atoms with van der Waals surface area (Å²) < 4.78 is 0. The van der Waals surface area contributed by atoms with Gasteiger partial charge in [-0.3, -0.25) is 4.79 Å². The molecule has 2 atom stereocenters. The van der Waals surface area contributed by atoms with Gasteiger partial charge in [-0.1, -0.05) is 11.8 Å². The van der Waals surface area contributed by atoms with Crippen molar-refractivity contribution in [2.45, 2.75) is 50.4 Å². The Morgan fingerprint density at radius 2 is 1.75 bits per heavy atom. The van der Waals surface area contributed by atoms with Gasteiger partial charge in [0.25, 0.3) is 0 Å². The minimum atomic E-state index is 0.0761. The van der Waals surface area contributed by atoms with Crippen LogP contribution in [0.5, 0.6) is 0 Å². The molecule has 0 bridgehead atoms. The second-order valence-corrected chi connectivity index (χ2v) is 6.00. The van der Waals surface area contributed by atoms with Gasteiger partial charge in [-0.2, -0.15) is 15.0 Å². The molecular formula is C12H20N6OS. The minimum Gasteiger partial charge on any atom is -0.368 e. The van der Waals surface area contributed by atoms with Crippen molar-refractivity contribution in [3.05, 3.63) is 0 Å². The number of piperidine rings is 1. The van der Waals surface area contributed by atoms with Crippen LogP contribution >= 0.6 is 11.8 Å². The Kier molecular flexibility index (Phi) is 4.64. The van der Waals surface area contributed by atoms with Crippen LogP contribution < -0.4 is 11.5 Å². The van der Waals surface area contributed by atoms with E-state index in [9.17, 15) is 4.79 Å². The Labute approximate surface area is 122 Å². The predicted molar refractivity (Wildman–Crippen MR) is 79.0 cm³/mol. The number of nitrogens with zero attached hydrogens (tertiary/aromatic N) is 4. The summed E-state index contributed by atoms with van der Waals surface area (Å²) in [6.45, 7) is 4.19. The summed E-state index contributed by atoms with van der Waals surface area (Å²) in [5, 5.41) is 0.390. The van der Waals surface area contributed by atoms with Gasteiger partial charge >= 0.3 is 0 Å². The first-order valence-electron chi connectivity index (χ1n) is 6.68. The smallest absolute Gasteiger partial charge is 0.233 e. The van der Waals surface area contributed by atoms with Crippen LogP contribution in [0.3, 0.4) is 0 Å². The average Bonchev–Trinajstić information content (AvgIpc) is 2.35. The zero-order valence-corrected chi connectivity index (χ0v) is 12.6. The van der Waals surface area contributed by atoms with Crippen molar-refractivity contribution in [2.24, 2.45) is 0 Å². The molecule has 4 N–H and O–H groups in total. The lowest BCUT2D eigenvalue weighted by atomic mass is 9.98. The fourth-order valence-electron chi connectivity index (χ4n) is 2.57. The van der Waals surface area contributed by atoms with Crippen molar-refractivity contribution in [2.75, 3.05) is 17.2 Å². The molecule has 1 aliphatic rings. The van der Waals surface area contributed by atoms with Gasteiger partial charge in [0.1, 0.15) is 0 Å². The molecule has 1 saturated heterocycles. The van der Waals surface area contributed by atoms with Gasteiger partial charge < -0.3 is 16.4 Å². The van der Waals surface area contributed by atoms with Crippen LogP contribution in [0.1, 0.15) is 33.1 Å². The van der Waals surface area contributed by atoms with Gasteiger partial charge in [0.15, 0.2) is 5.16 Å². The molecule has 7 nitrogen and oxygen atoms in total. The van der Waals surface area contributed by atoms with Crippen molar-refractivity contribution in [3.63, 3.8) is 0 Å². The summed E-state index contributed by atoms with van der Waals surface area (Å²) in [5.74, 6) is 0.545. The average molecular weight is 296 g/mol. The monoisotopic (exact) mass is 296 g/mol. The number of hydrogen-bond acceptors (Lipinski definition) is 7. The highest BCUT2D eigenvalue weighted by molar-refractivity contribution is 7.99. The lowest BCUT2D eigenvalue weighted by Crippen LogP contribution is -2.48. The molecule has 2 heterocycles. The van der Waals surface area contributed by atoms with E-state index in [-0.39, 0.29) is 23.6 Å². The van der Waals surface area contributed by atoms with Crippen molar-refractivity contribution in [3.8, 4) is 0 Å². The highest BCUT2D eigenvalue weighted by Gasteiger charge is 2.28. The number of nitrogen functional groups attached to an aromatic ring is 2. The highest BCUT2D eigenvalue weighted by Crippen LogP contribution is 2.24. The fraction of sp³-hybridized carbons (Fsp3) is 0.667. The van der Waals surface area contributed by atoms with Crippen molar-refractivity contribution < 1.29 is 4.79 Å². The molecular weight excluding hydrogens is 276 g/mol. The van der Waals surface area contributed by atoms with E-state index < -0.39 is 0 Å². The predicted octanol–water partition coefficient (Wildman–Crippen LogP) is 0.918. The minimum absolute atomic E-state index is 0.0761. The van der Waals surface area contributed by atoms with E-state index in [1.54, 1.807) is 0 Å². The molecule has 8 heteroatoms. The lowest BCUT2D eigenvalue weighted by Gasteiger charge is -2.39. The van der Waals surface area contributed by atoms with Gasteiger partial charge in [0, 0.05) is 12.1 Å². The third kappa shape index (κ3) is 3.50. The van der Waals surface area contributed by atoms with E-state index in [2.05, 4.69) is 28.8 Å². The molecule has 0 spiro atoms. The summed E-state index contributed by atoms with van der Waals surface area (Å²) >= 11 is 1.24. The maximum absolute atomic E-state index is 12.3. The zero-order valence-electron chi connectivity index (χ0n) is 11.7. The summed E-state index contributed by atoms with van der Waals surface area (Å²) in [6.07, 6.45) is 3.30. The van der Waals surface area contributed by atoms with E-state index in [0.717, 1.165) is 12.8 Å². The zero-order chi connectivity index (χ0) is 14.7. The van der Waals surface area contributed by atoms with Crippen LogP contribution in [-0.4, -0.2) is 43.6 Å². The number of carbonyl (C=O) groups is 1. The lowest BCUT2D eigenvalue weighted by molar-refractivity contribution is -0.134.